The lowest BCUT2D eigenvalue weighted by atomic mass is 9.73. The first-order valence-corrected chi connectivity index (χ1v) is 15.3. The van der Waals surface area contributed by atoms with Crippen LogP contribution in [0.4, 0.5) is 0 Å². The summed E-state index contributed by atoms with van der Waals surface area (Å²) >= 11 is 0. The van der Waals surface area contributed by atoms with Crippen molar-refractivity contribution in [3.05, 3.63) is 29.3 Å². The fourth-order valence-electron chi connectivity index (χ4n) is 6.58. The molecule has 3 rings (SSSR count). The minimum Gasteiger partial charge on any atom is -0.482 e. The normalized spacial score (nSPS) is 23.5. The van der Waals surface area contributed by atoms with Crippen LogP contribution in [0.1, 0.15) is 115 Å². The predicted molar refractivity (Wildman–Crippen MR) is 149 cm³/mol. The lowest BCUT2D eigenvalue weighted by molar-refractivity contribution is -0.152. The molecule has 37 heavy (non-hydrogen) atoms. The summed E-state index contributed by atoms with van der Waals surface area (Å²) in [5.74, 6) is 1.63. The Bertz CT molecular complexity index is 800. The second-order valence-corrected chi connectivity index (χ2v) is 11.6. The van der Waals surface area contributed by atoms with Gasteiger partial charge in [-0.1, -0.05) is 77.8 Å². The number of carbonyl (C=O) groups is 1. The number of ether oxygens (including phenoxy) is 2. The largest absolute Gasteiger partial charge is 0.482 e. The lowest BCUT2D eigenvalue weighted by Gasteiger charge is -2.32. The molecule has 1 aromatic carbocycles. The lowest BCUT2D eigenvalue weighted by Crippen LogP contribution is -2.28. The van der Waals surface area contributed by atoms with Crippen LogP contribution in [0.25, 0.3) is 0 Å². The van der Waals surface area contributed by atoms with Crippen LogP contribution >= 0.6 is 0 Å². The van der Waals surface area contributed by atoms with E-state index in [0.29, 0.717) is 11.8 Å². The summed E-state index contributed by atoms with van der Waals surface area (Å²) in [4.78, 5) is 12.6. The Labute approximate surface area is 225 Å². The number of esters is 1. The van der Waals surface area contributed by atoms with Crippen molar-refractivity contribution in [1.82, 2.24) is 0 Å². The minimum absolute atomic E-state index is 0.0106. The van der Waals surface area contributed by atoms with Crippen molar-refractivity contribution in [2.45, 2.75) is 135 Å². The van der Waals surface area contributed by atoms with E-state index in [1.54, 1.807) is 0 Å². The number of rotatable bonds is 17. The quantitative estimate of drug-likeness (QED) is 0.176. The minimum atomic E-state index is -0.297. The Kier molecular flexibility index (Phi) is 12.7. The van der Waals surface area contributed by atoms with E-state index in [1.807, 2.05) is 12.1 Å². The molecule has 1 unspecified atom stereocenters. The third kappa shape index (κ3) is 8.99. The summed E-state index contributed by atoms with van der Waals surface area (Å²) in [5, 5.41) is 21.3. The Morgan fingerprint density at radius 3 is 2.41 bits per heavy atom. The van der Waals surface area contributed by atoms with E-state index < -0.39 is 0 Å². The van der Waals surface area contributed by atoms with Crippen LogP contribution in [0.3, 0.4) is 0 Å². The van der Waals surface area contributed by atoms with Crippen molar-refractivity contribution in [1.29, 1.82) is 0 Å². The van der Waals surface area contributed by atoms with Gasteiger partial charge in [0.1, 0.15) is 11.9 Å². The molecule has 5 nitrogen and oxygen atoms in total. The molecular formula is C32H52O5. The van der Waals surface area contributed by atoms with Crippen molar-refractivity contribution in [3.63, 3.8) is 0 Å². The standard InChI is InChI=1S/C32H52O5/c1-4-7-10-13-25(33)17-18-27-28-19-23-12-11-16-31(29(23)20-24(28)21-30(27)34)36-22-32(35)37-26(14-8-5-2)15-9-6-3/h11-12,16,24-28,30,33-34H,4-10,13-15,17-22H2,1-3H3/t24?,25-,27+,28-,30+/m0/s1. The zero-order valence-electron chi connectivity index (χ0n) is 23.6. The first kappa shape index (κ1) is 30.0. The number of benzene rings is 1. The number of unbranched alkanes of at least 4 members (excludes halogenated alkanes) is 4. The second kappa shape index (κ2) is 15.7. The van der Waals surface area contributed by atoms with Crippen LogP contribution in [0, 0.1) is 17.8 Å². The van der Waals surface area contributed by atoms with Gasteiger partial charge in [0.2, 0.25) is 0 Å². The molecule has 0 aliphatic heterocycles. The molecule has 2 aliphatic carbocycles. The van der Waals surface area contributed by atoms with E-state index in [-0.39, 0.29) is 36.8 Å². The zero-order valence-corrected chi connectivity index (χ0v) is 23.6. The molecule has 210 valence electrons. The summed E-state index contributed by atoms with van der Waals surface area (Å²) < 4.78 is 11.8. The van der Waals surface area contributed by atoms with E-state index in [0.717, 1.165) is 89.2 Å². The molecule has 0 spiro atoms. The first-order chi connectivity index (χ1) is 18.0. The maximum atomic E-state index is 12.6. The third-order valence-corrected chi connectivity index (χ3v) is 8.72. The Morgan fingerprint density at radius 1 is 0.973 bits per heavy atom. The van der Waals surface area contributed by atoms with Gasteiger partial charge < -0.3 is 19.7 Å². The Hall–Kier alpha value is -1.59. The molecule has 5 heteroatoms. The highest BCUT2D eigenvalue weighted by molar-refractivity contribution is 5.71. The average molecular weight is 517 g/mol. The van der Waals surface area contributed by atoms with Gasteiger partial charge in [-0.15, -0.1) is 0 Å². The van der Waals surface area contributed by atoms with Crippen LogP contribution in [0.2, 0.25) is 0 Å². The molecule has 2 aliphatic rings. The number of aliphatic hydroxyl groups is 2. The van der Waals surface area contributed by atoms with Crippen LogP contribution < -0.4 is 4.74 Å². The van der Waals surface area contributed by atoms with Gasteiger partial charge in [0, 0.05) is 0 Å². The summed E-state index contributed by atoms with van der Waals surface area (Å²) in [5.41, 5.74) is 2.47. The molecule has 0 saturated heterocycles. The molecule has 1 fully saturated rings. The van der Waals surface area contributed by atoms with Gasteiger partial charge in [-0.2, -0.15) is 0 Å². The summed E-state index contributed by atoms with van der Waals surface area (Å²) in [7, 11) is 0. The van der Waals surface area contributed by atoms with Gasteiger partial charge in [0.15, 0.2) is 6.61 Å². The second-order valence-electron chi connectivity index (χ2n) is 11.6. The summed E-state index contributed by atoms with van der Waals surface area (Å²) in [6.07, 6.45) is 14.2. The predicted octanol–water partition coefficient (Wildman–Crippen LogP) is 6.79. The van der Waals surface area contributed by atoms with Gasteiger partial charge >= 0.3 is 5.97 Å². The monoisotopic (exact) mass is 516 g/mol. The van der Waals surface area contributed by atoms with E-state index >= 15 is 0 Å². The van der Waals surface area contributed by atoms with Gasteiger partial charge in [-0.05, 0) is 86.3 Å². The molecule has 5 atom stereocenters. The Morgan fingerprint density at radius 2 is 1.70 bits per heavy atom. The van der Waals surface area contributed by atoms with Gasteiger partial charge in [0.05, 0.1) is 12.2 Å². The summed E-state index contributed by atoms with van der Waals surface area (Å²) in [6, 6.07) is 6.15. The van der Waals surface area contributed by atoms with E-state index in [1.165, 1.54) is 24.0 Å². The van der Waals surface area contributed by atoms with E-state index in [9.17, 15) is 15.0 Å². The first-order valence-electron chi connectivity index (χ1n) is 15.3. The smallest absolute Gasteiger partial charge is 0.344 e. The van der Waals surface area contributed by atoms with Crippen LogP contribution in [0.15, 0.2) is 18.2 Å². The number of hydrogen-bond acceptors (Lipinski definition) is 5. The van der Waals surface area contributed by atoms with Crippen LogP contribution in [-0.4, -0.2) is 41.1 Å². The van der Waals surface area contributed by atoms with Crippen molar-refractivity contribution in [2.24, 2.45) is 17.8 Å². The highest BCUT2D eigenvalue weighted by atomic mass is 16.6. The van der Waals surface area contributed by atoms with Crippen LogP contribution in [-0.2, 0) is 22.4 Å². The van der Waals surface area contributed by atoms with Gasteiger partial charge in [0.25, 0.3) is 0 Å². The molecule has 0 amide bonds. The highest BCUT2D eigenvalue weighted by Gasteiger charge is 2.44. The molecule has 0 radical (unpaired) electrons. The van der Waals surface area contributed by atoms with Crippen molar-refractivity contribution in [2.75, 3.05) is 6.61 Å². The molecule has 2 N–H and O–H groups in total. The van der Waals surface area contributed by atoms with Crippen LogP contribution in [0.5, 0.6) is 5.75 Å². The van der Waals surface area contributed by atoms with Gasteiger partial charge in [-0.3, -0.25) is 0 Å². The maximum Gasteiger partial charge on any atom is 0.344 e. The fraction of sp³-hybridized carbons (Fsp3) is 0.781. The van der Waals surface area contributed by atoms with Crippen molar-refractivity contribution in [3.8, 4) is 5.75 Å². The van der Waals surface area contributed by atoms with E-state index in [2.05, 4.69) is 26.8 Å². The average Bonchev–Trinajstić information content (AvgIpc) is 3.20. The molecule has 0 aromatic heterocycles. The van der Waals surface area contributed by atoms with Gasteiger partial charge in [-0.25, -0.2) is 4.79 Å². The molecule has 0 bridgehead atoms. The number of aliphatic hydroxyl groups excluding tert-OH is 2. The molecule has 1 aromatic rings. The van der Waals surface area contributed by atoms with Crippen molar-refractivity contribution >= 4 is 5.97 Å². The van der Waals surface area contributed by atoms with Crippen molar-refractivity contribution < 1.29 is 24.5 Å². The van der Waals surface area contributed by atoms with E-state index in [4.69, 9.17) is 9.47 Å². The fourth-order valence-corrected chi connectivity index (χ4v) is 6.58. The third-order valence-electron chi connectivity index (χ3n) is 8.72. The number of carbonyl (C=O) groups excluding carboxylic acids is 1. The number of hydrogen-bond donors (Lipinski definition) is 2. The summed E-state index contributed by atoms with van der Waals surface area (Å²) in [6.45, 7) is 6.45. The Balaban J connectivity index is 1.55. The molecule has 1 saturated carbocycles. The topological polar surface area (TPSA) is 76.0 Å². The SMILES string of the molecule is CCCCC[C@H](O)CC[C@H]1[C@H](O)CC2Cc3c(cccc3OCC(=O)OC(CCCC)CCCC)C[C@@H]21. The molecule has 0 heterocycles. The molecular weight excluding hydrogens is 464 g/mol. The maximum absolute atomic E-state index is 12.6. The zero-order chi connectivity index (χ0) is 26.6. The highest BCUT2D eigenvalue weighted by Crippen LogP contribution is 2.48. The number of fused-ring (bicyclic) bond motifs is 2.